The molecule has 1 atom stereocenters. The van der Waals surface area contributed by atoms with Crippen molar-refractivity contribution in [3.63, 3.8) is 0 Å². The second-order valence-electron chi connectivity index (χ2n) is 2.98. The molecule has 0 bridgehead atoms. The van der Waals surface area contributed by atoms with Crippen LogP contribution in [-0.4, -0.2) is 25.5 Å². The van der Waals surface area contributed by atoms with Gasteiger partial charge in [0.25, 0.3) is 0 Å². The molecule has 1 fully saturated rings. The minimum atomic E-state index is 0. The first-order valence-corrected chi connectivity index (χ1v) is 4.33. The number of amides is 1. The highest BCUT2D eigenvalue weighted by atomic mass is 35.5. The Kier molecular flexibility index (Phi) is 6.11. The van der Waals surface area contributed by atoms with Crippen molar-refractivity contribution in [2.75, 3.05) is 19.6 Å². The normalized spacial score (nSPS) is 21.6. The van der Waals surface area contributed by atoms with Crippen molar-refractivity contribution in [2.24, 2.45) is 5.92 Å². The van der Waals surface area contributed by atoms with Gasteiger partial charge in [0, 0.05) is 13.1 Å². The third-order valence-electron chi connectivity index (χ3n) is 1.98. The number of hydrogen-bond donors (Lipinski definition) is 2. The van der Waals surface area contributed by atoms with Gasteiger partial charge in [0.15, 0.2) is 0 Å². The fourth-order valence-corrected chi connectivity index (χ4v) is 1.27. The van der Waals surface area contributed by atoms with Crippen LogP contribution in [0.25, 0.3) is 0 Å². The Morgan fingerprint density at radius 2 is 2.42 bits per heavy atom. The second-order valence-corrected chi connectivity index (χ2v) is 2.98. The van der Waals surface area contributed by atoms with Crippen molar-refractivity contribution in [3.05, 3.63) is 0 Å². The van der Waals surface area contributed by atoms with Crippen molar-refractivity contribution < 1.29 is 4.79 Å². The number of carbonyl (C=O) groups excluding carboxylic acids is 1. The SMILES string of the molecule is CCCNC(=O)C1CCNC1.Cl. The van der Waals surface area contributed by atoms with Crippen molar-refractivity contribution in [3.8, 4) is 0 Å². The summed E-state index contributed by atoms with van der Waals surface area (Å²) in [5, 5.41) is 6.06. The van der Waals surface area contributed by atoms with E-state index < -0.39 is 0 Å². The zero-order valence-electron chi connectivity index (χ0n) is 7.43. The third-order valence-corrected chi connectivity index (χ3v) is 1.98. The number of carbonyl (C=O) groups is 1. The lowest BCUT2D eigenvalue weighted by molar-refractivity contribution is -0.124. The summed E-state index contributed by atoms with van der Waals surface area (Å²) in [6.45, 7) is 4.72. The van der Waals surface area contributed by atoms with Gasteiger partial charge in [0.2, 0.25) is 5.91 Å². The van der Waals surface area contributed by atoms with Crippen LogP contribution < -0.4 is 10.6 Å². The topological polar surface area (TPSA) is 41.1 Å². The van der Waals surface area contributed by atoms with Gasteiger partial charge in [-0.3, -0.25) is 4.79 Å². The predicted octanol–water partition coefficient (Wildman–Crippen LogP) is 0.544. The van der Waals surface area contributed by atoms with Crippen LogP contribution in [0, 0.1) is 5.92 Å². The van der Waals surface area contributed by atoms with E-state index in [-0.39, 0.29) is 24.2 Å². The molecule has 1 unspecified atom stereocenters. The van der Waals surface area contributed by atoms with E-state index in [0.29, 0.717) is 0 Å². The predicted molar refractivity (Wildman–Crippen MR) is 51.5 cm³/mol. The highest BCUT2D eigenvalue weighted by Gasteiger charge is 2.21. The molecular formula is C8H17ClN2O. The van der Waals surface area contributed by atoms with Crippen LogP contribution in [0.1, 0.15) is 19.8 Å². The van der Waals surface area contributed by atoms with E-state index in [1.165, 1.54) is 0 Å². The highest BCUT2D eigenvalue weighted by Crippen LogP contribution is 2.06. The number of hydrogen-bond acceptors (Lipinski definition) is 2. The summed E-state index contributed by atoms with van der Waals surface area (Å²) in [5.74, 6) is 0.443. The molecule has 1 rings (SSSR count). The molecule has 3 nitrogen and oxygen atoms in total. The van der Waals surface area contributed by atoms with E-state index in [1.54, 1.807) is 0 Å². The lowest BCUT2D eigenvalue weighted by Crippen LogP contribution is -2.32. The van der Waals surface area contributed by atoms with E-state index in [2.05, 4.69) is 17.6 Å². The Labute approximate surface area is 79.7 Å². The summed E-state index contributed by atoms with van der Waals surface area (Å²) in [6, 6.07) is 0. The van der Waals surface area contributed by atoms with E-state index in [0.717, 1.165) is 32.5 Å². The standard InChI is InChI=1S/C8H16N2O.ClH/c1-2-4-10-8(11)7-3-5-9-6-7;/h7,9H,2-6H2,1H3,(H,10,11);1H. The minimum absolute atomic E-state index is 0. The summed E-state index contributed by atoms with van der Waals surface area (Å²) in [4.78, 5) is 11.3. The molecule has 0 aromatic heterocycles. The largest absolute Gasteiger partial charge is 0.356 e. The molecule has 1 amide bonds. The molecule has 1 saturated heterocycles. The van der Waals surface area contributed by atoms with Gasteiger partial charge in [-0.05, 0) is 19.4 Å². The Bertz CT molecular complexity index is 135. The van der Waals surface area contributed by atoms with E-state index in [1.807, 2.05) is 0 Å². The van der Waals surface area contributed by atoms with Crippen molar-refractivity contribution in [1.82, 2.24) is 10.6 Å². The van der Waals surface area contributed by atoms with Gasteiger partial charge in [-0.1, -0.05) is 6.92 Å². The maximum absolute atomic E-state index is 11.3. The summed E-state index contributed by atoms with van der Waals surface area (Å²) >= 11 is 0. The maximum atomic E-state index is 11.3. The van der Waals surface area contributed by atoms with Gasteiger partial charge < -0.3 is 10.6 Å². The van der Waals surface area contributed by atoms with Crippen LogP contribution >= 0.6 is 12.4 Å². The molecule has 4 heteroatoms. The molecule has 0 aliphatic carbocycles. The van der Waals surface area contributed by atoms with E-state index in [9.17, 15) is 4.79 Å². The number of halogens is 1. The first-order valence-electron chi connectivity index (χ1n) is 4.33. The summed E-state index contributed by atoms with van der Waals surface area (Å²) in [5.41, 5.74) is 0. The van der Waals surface area contributed by atoms with E-state index >= 15 is 0 Å². The van der Waals surface area contributed by atoms with Crippen molar-refractivity contribution in [1.29, 1.82) is 0 Å². The molecule has 12 heavy (non-hydrogen) atoms. The molecular weight excluding hydrogens is 176 g/mol. The Balaban J connectivity index is 0.00000121. The monoisotopic (exact) mass is 192 g/mol. The zero-order valence-corrected chi connectivity index (χ0v) is 8.25. The minimum Gasteiger partial charge on any atom is -0.356 e. The third kappa shape index (κ3) is 3.41. The quantitative estimate of drug-likeness (QED) is 0.686. The average Bonchev–Trinajstić information content (AvgIpc) is 2.52. The first kappa shape index (κ1) is 11.7. The number of rotatable bonds is 3. The van der Waals surface area contributed by atoms with Crippen molar-refractivity contribution >= 4 is 18.3 Å². The second kappa shape index (κ2) is 6.26. The van der Waals surface area contributed by atoms with Crippen LogP contribution in [0.4, 0.5) is 0 Å². The Morgan fingerprint density at radius 1 is 1.67 bits per heavy atom. The van der Waals surface area contributed by atoms with Crippen molar-refractivity contribution in [2.45, 2.75) is 19.8 Å². The summed E-state index contributed by atoms with van der Waals surface area (Å²) in [7, 11) is 0. The van der Waals surface area contributed by atoms with Gasteiger partial charge in [-0.15, -0.1) is 12.4 Å². The average molecular weight is 193 g/mol. The molecule has 0 aromatic carbocycles. The number of nitrogens with one attached hydrogen (secondary N) is 2. The molecule has 0 saturated carbocycles. The smallest absolute Gasteiger partial charge is 0.224 e. The lowest BCUT2D eigenvalue weighted by atomic mass is 10.1. The fourth-order valence-electron chi connectivity index (χ4n) is 1.27. The molecule has 0 spiro atoms. The summed E-state index contributed by atoms with van der Waals surface area (Å²) in [6.07, 6.45) is 2.02. The molecule has 1 heterocycles. The van der Waals surface area contributed by atoms with Gasteiger partial charge >= 0.3 is 0 Å². The van der Waals surface area contributed by atoms with Gasteiger partial charge in [-0.25, -0.2) is 0 Å². The zero-order chi connectivity index (χ0) is 8.10. The van der Waals surface area contributed by atoms with Crippen LogP contribution in [-0.2, 0) is 4.79 Å². The lowest BCUT2D eigenvalue weighted by Gasteiger charge is -2.07. The first-order chi connectivity index (χ1) is 5.34. The van der Waals surface area contributed by atoms with Crippen LogP contribution in [0.5, 0.6) is 0 Å². The van der Waals surface area contributed by atoms with Gasteiger partial charge in [-0.2, -0.15) is 0 Å². The molecule has 0 radical (unpaired) electrons. The molecule has 0 aromatic rings. The highest BCUT2D eigenvalue weighted by molar-refractivity contribution is 5.85. The van der Waals surface area contributed by atoms with Crippen LogP contribution in [0.2, 0.25) is 0 Å². The molecule has 72 valence electrons. The maximum Gasteiger partial charge on any atom is 0.224 e. The fraction of sp³-hybridized carbons (Fsp3) is 0.875. The Hall–Kier alpha value is -0.280. The van der Waals surface area contributed by atoms with E-state index in [4.69, 9.17) is 0 Å². The van der Waals surface area contributed by atoms with Crippen LogP contribution in [0.3, 0.4) is 0 Å². The van der Waals surface area contributed by atoms with Gasteiger partial charge in [0.1, 0.15) is 0 Å². The Morgan fingerprint density at radius 3 is 2.92 bits per heavy atom. The molecule has 1 aliphatic heterocycles. The molecule has 1 aliphatic rings. The van der Waals surface area contributed by atoms with Crippen LogP contribution in [0.15, 0.2) is 0 Å². The van der Waals surface area contributed by atoms with Gasteiger partial charge in [0.05, 0.1) is 5.92 Å². The molecule has 2 N–H and O–H groups in total. The summed E-state index contributed by atoms with van der Waals surface area (Å²) < 4.78 is 0.